The zero-order valence-corrected chi connectivity index (χ0v) is 13.0. The standard InChI is InChI=1S/C14H10N2O4S2/c17-7-3-4-8(18)11-10(7)21-14(22-11)9-12(19)15-5-1-2-6-16(15)13(9)20/h3-4H,1-2,5-6H2. The van der Waals surface area contributed by atoms with Crippen LogP contribution in [0.25, 0.3) is 0 Å². The average Bonchev–Trinajstić information content (AvgIpc) is 3.06. The van der Waals surface area contributed by atoms with Crippen molar-refractivity contribution in [3.63, 3.8) is 0 Å². The minimum Gasteiger partial charge on any atom is -0.289 e. The van der Waals surface area contributed by atoms with Crippen molar-refractivity contribution in [1.82, 2.24) is 10.0 Å². The summed E-state index contributed by atoms with van der Waals surface area (Å²) >= 11 is 2.12. The highest BCUT2D eigenvalue weighted by Crippen LogP contribution is 2.53. The molecule has 8 heteroatoms. The number of hydrazine groups is 1. The highest BCUT2D eigenvalue weighted by Gasteiger charge is 2.46. The first-order valence-electron chi connectivity index (χ1n) is 6.82. The van der Waals surface area contributed by atoms with E-state index in [2.05, 4.69) is 0 Å². The van der Waals surface area contributed by atoms with Gasteiger partial charge in [0.15, 0.2) is 11.6 Å². The summed E-state index contributed by atoms with van der Waals surface area (Å²) in [6, 6.07) is 0. The van der Waals surface area contributed by atoms with Gasteiger partial charge in [0.2, 0.25) is 0 Å². The zero-order valence-electron chi connectivity index (χ0n) is 11.3. The van der Waals surface area contributed by atoms with Gasteiger partial charge in [0.05, 0.1) is 14.0 Å². The summed E-state index contributed by atoms with van der Waals surface area (Å²) in [4.78, 5) is 49.3. The van der Waals surface area contributed by atoms with E-state index >= 15 is 0 Å². The van der Waals surface area contributed by atoms with Crippen molar-refractivity contribution in [1.29, 1.82) is 0 Å². The Hall–Kier alpha value is -1.80. The maximum atomic E-state index is 12.5. The fraction of sp³-hybridized carbons (Fsp3) is 0.286. The van der Waals surface area contributed by atoms with Gasteiger partial charge in [-0.3, -0.25) is 19.2 Å². The number of thioether (sulfide) groups is 2. The molecule has 2 amide bonds. The SMILES string of the molecule is O=C1C=CC(=O)C2=C1SC(=C1C(=O)N3CCCCN3C1=O)S2. The van der Waals surface area contributed by atoms with Crippen LogP contribution in [-0.2, 0) is 19.2 Å². The van der Waals surface area contributed by atoms with Crippen LogP contribution in [0, 0.1) is 0 Å². The first-order chi connectivity index (χ1) is 10.6. The molecule has 4 rings (SSSR count). The Bertz CT molecular complexity index is 692. The molecule has 0 aromatic rings. The Labute approximate surface area is 134 Å². The number of nitrogens with zero attached hydrogens (tertiary/aromatic N) is 2. The van der Waals surface area contributed by atoms with Crippen LogP contribution in [0.2, 0.25) is 0 Å². The predicted molar refractivity (Wildman–Crippen MR) is 81.0 cm³/mol. The van der Waals surface area contributed by atoms with Gasteiger partial charge in [-0.25, -0.2) is 10.0 Å². The monoisotopic (exact) mass is 334 g/mol. The lowest BCUT2D eigenvalue weighted by Gasteiger charge is -2.31. The molecule has 0 N–H and O–H groups in total. The van der Waals surface area contributed by atoms with Gasteiger partial charge in [0, 0.05) is 13.1 Å². The Morgan fingerprint density at radius 2 is 1.23 bits per heavy atom. The molecule has 6 nitrogen and oxygen atoms in total. The van der Waals surface area contributed by atoms with Crippen molar-refractivity contribution in [3.05, 3.63) is 31.8 Å². The van der Waals surface area contributed by atoms with E-state index in [1.165, 1.54) is 22.2 Å². The Morgan fingerprint density at radius 3 is 1.68 bits per heavy atom. The summed E-state index contributed by atoms with van der Waals surface area (Å²) in [7, 11) is 0. The van der Waals surface area contributed by atoms with E-state index in [1.54, 1.807) is 0 Å². The summed E-state index contributed by atoms with van der Waals surface area (Å²) in [6.07, 6.45) is 4.20. The molecule has 0 bridgehead atoms. The third-order valence-corrected chi connectivity index (χ3v) is 6.44. The fourth-order valence-corrected chi connectivity index (χ4v) is 5.30. The second-order valence-corrected chi connectivity index (χ2v) is 7.45. The third-order valence-electron chi connectivity index (χ3n) is 3.81. The molecule has 3 aliphatic heterocycles. The van der Waals surface area contributed by atoms with Gasteiger partial charge < -0.3 is 0 Å². The van der Waals surface area contributed by atoms with Crippen molar-refractivity contribution >= 4 is 46.9 Å². The predicted octanol–water partition coefficient (Wildman–Crippen LogP) is 0.977. The fourth-order valence-electron chi connectivity index (χ4n) is 2.74. The Balaban J connectivity index is 1.72. The topological polar surface area (TPSA) is 74.8 Å². The maximum Gasteiger partial charge on any atom is 0.279 e. The molecule has 0 aromatic heterocycles. The molecule has 0 atom stereocenters. The van der Waals surface area contributed by atoms with Crippen molar-refractivity contribution in [2.75, 3.05) is 13.1 Å². The number of ketones is 2. The number of carbonyl (C=O) groups is 4. The molecule has 22 heavy (non-hydrogen) atoms. The number of carbonyl (C=O) groups excluding carboxylic acids is 4. The van der Waals surface area contributed by atoms with Gasteiger partial charge in [0.1, 0.15) is 5.57 Å². The lowest BCUT2D eigenvalue weighted by molar-refractivity contribution is -0.150. The second-order valence-electron chi connectivity index (χ2n) is 5.15. The Morgan fingerprint density at radius 1 is 0.773 bits per heavy atom. The van der Waals surface area contributed by atoms with Crippen LogP contribution in [0.4, 0.5) is 0 Å². The molecular formula is C14H10N2O4S2. The number of amides is 2. The number of hydrogen-bond acceptors (Lipinski definition) is 6. The van der Waals surface area contributed by atoms with Gasteiger partial charge in [0.25, 0.3) is 11.8 Å². The molecule has 2 fully saturated rings. The van der Waals surface area contributed by atoms with Crippen LogP contribution < -0.4 is 0 Å². The van der Waals surface area contributed by atoms with Crippen molar-refractivity contribution in [2.45, 2.75) is 12.8 Å². The van der Waals surface area contributed by atoms with E-state index < -0.39 is 0 Å². The van der Waals surface area contributed by atoms with Crippen molar-refractivity contribution in [3.8, 4) is 0 Å². The molecule has 0 unspecified atom stereocenters. The molecule has 4 aliphatic rings. The van der Waals surface area contributed by atoms with Gasteiger partial charge in [-0.1, -0.05) is 23.5 Å². The normalized spacial score (nSPS) is 24.7. The first-order valence-corrected chi connectivity index (χ1v) is 8.46. The lowest BCUT2D eigenvalue weighted by Crippen LogP contribution is -2.45. The number of rotatable bonds is 0. The van der Waals surface area contributed by atoms with E-state index in [1.807, 2.05) is 0 Å². The largest absolute Gasteiger partial charge is 0.289 e. The Kier molecular flexibility index (Phi) is 3.05. The summed E-state index contributed by atoms with van der Waals surface area (Å²) in [6.45, 7) is 1.06. The summed E-state index contributed by atoms with van der Waals surface area (Å²) in [5.41, 5.74) is 0.0897. The van der Waals surface area contributed by atoms with Crippen molar-refractivity contribution in [2.24, 2.45) is 0 Å². The van der Waals surface area contributed by atoms with E-state index in [-0.39, 0.29) is 29.0 Å². The molecule has 112 valence electrons. The van der Waals surface area contributed by atoms with E-state index in [9.17, 15) is 19.2 Å². The van der Waals surface area contributed by atoms with Gasteiger partial charge in [-0.05, 0) is 25.0 Å². The molecule has 3 heterocycles. The quantitative estimate of drug-likeness (QED) is 0.373. The van der Waals surface area contributed by atoms with Crippen LogP contribution >= 0.6 is 23.5 Å². The van der Waals surface area contributed by atoms with Crippen LogP contribution in [0.5, 0.6) is 0 Å². The molecule has 0 radical (unpaired) electrons. The van der Waals surface area contributed by atoms with Gasteiger partial charge in [-0.15, -0.1) is 0 Å². The smallest absolute Gasteiger partial charge is 0.279 e. The lowest BCUT2D eigenvalue weighted by atomic mass is 10.2. The van der Waals surface area contributed by atoms with Crippen LogP contribution in [0.3, 0.4) is 0 Å². The molecule has 0 spiro atoms. The molecular weight excluding hydrogens is 324 g/mol. The van der Waals surface area contributed by atoms with E-state index in [4.69, 9.17) is 0 Å². The minimum atomic E-state index is -0.326. The molecule has 0 saturated carbocycles. The molecule has 2 saturated heterocycles. The van der Waals surface area contributed by atoms with E-state index in [0.29, 0.717) is 27.1 Å². The minimum absolute atomic E-state index is 0.0897. The summed E-state index contributed by atoms with van der Waals surface area (Å²) in [5.74, 6) is -1.16. The highest BCUT2D eigenvalue weighted by atomic mass is 32.2. The summed E-state index contributed by atoms with van der Waals surface area (Å²) < 4.78 is 0.444. The highest BCUT2D eigenvalue weighted by molar-refractivity contribution is 8.29. The van der Waals surface area contributed by atoms with Gasteiger partial charge >= 0.3 is 0 Å². The van der Waals surface area contributed by atoms with Crippen LogP contribution in [0.1, 0.15) is 12.8 Å². The maximum absolute atomic E-state index is 12.5. The second kappa shape index (κ2) is 4.85. The van der Waals surface area contributed by atoms with Gasteiger partial charge in [-0.2, -0.15) is 0 Å². The van der Waals surface area contributed by atoms with Crippen LogP contribution in [-0.4, -0.2) is 46.5 Å². The molecule has 0 aromatic carbocycles. The number of allylic oxidation sites excluding steroid dienone is 4. The number of hydrogen-bond donors (Lipinski definition) is 0. The number of fused-ring (bicyclic) bond motifs is 1. The van der Waals surface area contributed by atoms with Crippen LogP contribution in [0.15, 0.2) is 31.8 Å². The molecule has 1 aliphatic carbocycles. The summed E-state index contributed by atoms with van der Waals surface area (Å²) in [5, 5.41) is 2.93. The average molecular weight is 334 g/mol. The van der Waals surface area contributed by atoms with E-state index in [0.717, 1.165) is 36.4 Å². The van der Waals surface area contributed by atoms with Crippen molar-refractivity contribution < 1.29 is 19.2 Å². The zero-order chi connectivity index (χ0) is 15.4. The third kappa shape index (κ3) is 1.83. The first kappa shape index (κ1) is 13.8.